The molecule has 78 valence electrons. The van der Waals surface area contributed by atoms with Crippen molar-refractivity contribution in [3.8, 4) is 0 Å². The van der Waals surface area contributed by atoms with Gasteiger partial charge in [-0.3, -0.25) is 4.68 Å². The van der Waals surface area contributed by atoms with E-state index >= 15 is 0 Å². The zero-order chi connectivity index (χ0) is 10.4. The summed E-state index contributed by atoms with van der Waals surface area (Å²) in [5, 5.41) is 5.31. The fourth-order valence-electron chi connectivity index (χ4n) is 1.22. The number of rotatable bonds is 5. The van der Waals surface area contributed by atoms with Crippen LogP contribution in [0.3, 0.4) is 0 Å². The summed E-state index contributed by atoms with van der Waals surface area (Å²) in [6.45, 7) is 5.39. The first kappa shape index (κ1) is 11.5. The van der Waals surface area contributed by atoms with Crippen LogP contribution in [-0.4, -0.2) is 15.1 Å². The van der Waals surface area contributed by atoms with Gasteiger partial charge in [0.05, 0.1) is 6.20 Å². The molecule has 0 spiro atoms. The van der Waals surface area contributed by atoms with Gasteiger partial charge in [0.1, 0.15) is 0 Å². The second-order valence-corrected chi connectivity index (χ2v) is 4.56. The molecule has 1 rings (SSSR count). The number of allylic oxidation sites excluding steroid dienone is 1. The van der Waals surface area contributed by atoms with E-state index in [0.717, 1.165) is 18.3 Å². The molecule has 0 amide bonds. The van der Waals surface area contributed by atoms with Gasteiger partial charge >= 0.3 is 0 Å². The zero-order valence-corrected chi connectivity index (χ0v) is 10.4. The Bertz CT molecular complexity index is 289. The number of nitrogens with zero attached hydrogens (tertiary/aromatic N) is 2. The summed E-state index contributed by atoms with van der Waals surface area (Å²) >= 11 is 3.39. The van der Waals surface area contributed by atoms with Crippen molar-refractivity contribution in [3.05, 3.63) is 24.0 Å². The zero-order valence-electron chi connectivity index (χ0n) is 8.78. The Balaban J connectivity index is 2.50. The minimum absolute atomic E-state index is 0.647. The van der Waals surface area contributed by atoms with Crippen molar-refractivity contribution >= 4 is 22.0 Å². The minimum Gasteiger partial charge on any atom is -0.272 e. The molecule has 0 bridgehead atoms. The average Bonchev–Trinajstić information content (AvgIpc) is 2.52. The molecule has 0 radical (unpaired) electrons. The van der Waals surface area contributed by atoms with Crippen molar-refractivity contribution < 1.29 is 0 Å². The number of aromatic nitrogens is 2. The third-order valence-corrected chi connectivity index (χ3v) is 2.25. The van der Waals surface area contributed by atoms with Gasteiger partial charge in [0.15, 0.2) is 0 Å². The molecule has 2 nitrogen and oxygen atoms in total. The van der Waals surface area contributed by atoms with Crippen LogP contribution in [0.2, 0.25) is 0 Å². The number of halogens is 1. The molecule has 0 saturated carbocycles. The van der Waals surface area contributed by atoms with E-state index in [-0.39, 0.29) is 0 Å². The SMILES string of the molecule is CC(C)Cn1cc(C=CCCBr)cn1. The molecular weight excluding hydrogens is 240 g/mol. The normalized spacial score (nSPS) is 11.7. The van der Waals surface area contributed by atoms with Gasteiger partial charge < -0.3 is 0 Å². The lowest BCUT2D eigenvalue weighted by Gasteiger charge is -2.02. The lowest BCUT2D eigenvalue weighted by Crippen LogP contribution is -2.03. The van der Waals surface area contributed by atoms with Gasteiger partial charge in [-0.25, -0.2) is 0 Å². The monoisotopic (exact) mass is 256 g/mol. The van der Waals surface area contributed by atoms with Gasteiger partial charge in [-0.2, -0.15) is 5.10 Å². The predicted molar refractivity (Wildman–Crippen MR) is 64.5 cm³/mol. The molecular formula is C11H17BrN2. The summed E-state index contributed by atoms with van der Waals surface area (Å²) in [6.07, 6.45) is 9.34. The van der Waals surface area contributed by atoms with Crippen molar-refractivity contribution in [2.24, 2.45) is 5.92 Å². The number of hydrogen-bond acceptors (Lipinski definition) is 1. The second kappa shape index (κ2) is 6.02. The van der Waals surface area contributed by atoms with E-state index in [0.29, 0.717) is 5.92 Å². The van der Waals surface area contributed by atoms with Crippen LogP contribution in [0.1, 0.15) is 25.8 Å². The first-order valence-corrected chi connectivity index (χ1v) is 6.09. The van der Waals surface area contributed by atoms with E-state index in [2.05, 4.69) is 53.2 Å². The van der Waals surface area contributed by atoms with Gasteiger partial charge in [-0.05, 0) is 12.3 Å². The largest absolute Gasteiger partial charge is 0.272 e. The number of hydrogen-bond donors (Lipinski definition) is 0. The van der Waals surface area contributed by atoms with Crippen molar-refractivity contribution in [2.75, 3.05) is 5.33 Å². The van der Waals surface area contributed by atoms with Crippen LogP contribution in [0.5, 0.6) is 0 Å². The van der Waals surface area contributed by atoms with Crippen LogP contribution in [0, 0.1) is 5.92 Å². The first-order valence-electron chi connectivity index (χ1n) is 4.97. The predicted octanol–water partition coefficient (Wildman–Crippen LogP) is 3.34. The number of alkyl halides is 1. The molecule has 0 fully saturated rings. The standard InChI is InChI=1S/C11H17BrN2/c1-10(2)8-14-9-11(7-13-14)5-3-4-6-12/h3,5,7,9-10H,4,6,8H2,1-2H3. The molecule has 1 aromatic heterocycles. The highest BCUT2D eigenvalue weighted by Crippen LogP contribution is 2.04. The highest BCUT2D eigenvalue weighted by Gasteiger charge is 1.97. The van der Waals surface area contributed by atoms with Crippen LogP contribution >= 0.6 is 15.9 Å². The Kier molecular flexibility index (Phi) is 4.94. The van der Waals surface area contributed by atoms with E-state index in [4.69, 9.17) is 0 Å². The van der Waals surface area contributed by atoms with Crippen molar-refractivity contribution in [1.82, 2.24) is 9.78 Å². The van der Waals surface area contributed by atoms with Crippen molar-refractivity contribution in [2.45, 2.75) is 26.8 Å². The Morgan fingerprint density at radius 1 is 1.57 bits per heavy atom. The summed E-state index contributed by atoms with van der Waals surface area (Å²) in [6, 6.07) is 0. The van der Waals surface area contributed by atoms with Gasteiger partial charge in [-0.15, -0.1) is 0 Å². The lowest BCUT2D eigenvalue weighted by molar-refractivity contribution is 0.483. The van der Waals surface area contributed by atoms with Crippen LogP contribution in [0.15, 0.2) is 18.5 Å². The second-order valence-electron chi connectivity index (χ2n) is 3.77. The fourth-order valence-corrected chi connectivity index (χ4v) is 1.49. The fraction of sp³-hybridized carbons (Fsp3) is 0.545. The van der Waals surface area contributed by atoms with Crippen LogP contribution in [0.4, 0.5) is 0 Å². The third kappa shape index (κ3) is 4.09. The molecule has 1 heterocycles. The molecule has 0 unspecified atom stereocenters. The molecule has 0 aliphatic rings. The quantitative estimate of drug-likeness (QED) is 0.740. The topological polar surface area (TPSA) is 17.8 Å². The maximum Gasteiger partial charge on any atom is 0.0562 e. The van der Waals surface area contributed by atoms with Crippen molar-refractivity contribution in [1.29, 1.82) is 0 Å². The van der Waals surface area contributed by atoms with E-state index in [1.54, 1.807) is 0 Å². The summed E-state index contributed by atoms with van der Waals surface area (Å²) < 4.78 is 2.00. The van der Waals surface area contributed by atoms with E-state index < -0.39 is 0 Å². The summed E-state index contributed by atoms with van der Waals surface area (Å²) in [5.74, 6) is 0.647. The highest BCUT2D eigenvalue weighted by atomic mass is 79.9. The van der Waals surface area contributed by atoms with Gasteiger partial charge in [0.2, 0.25) is 0 Å². The van der Waals surface area contributed by atoms with Gasteiger partial charge in [-0.1, -0.05) is 41.9 Å². The summed E-state index contributed by atoms with van der Waals surface area (Å²) in [4.78, 5) is 0. The molecule has 0 aliphatic carbocycles. The molecule has 0 saturated heterocycles. The Morgan fingerprint density at radius 3 is 3.00 bits per heavy atom. The minimum atomic E-state index is 0.647. The summed E-state index contributed by atoms with van der Waals surface area (Å²) in [7, 11) is 0. The Morgan fingerprint density at radius 2 is 2.36 bits per heavy atom. The first-order chi connectivity index (χ1) is 6.72. The van der Waals surface area contributed by atoms with E-state index in [9.17, 15) is 0 Å². The Labute approximate surface area is 94.1 Å². The maximum absolute atomic E-state index is 4.29. The van der Waals surface area contributed by atoms with Crippen LogP contribution in [0.25, 0.3) is 6.08 Å². The smallest absolute Gasteiger partial charge is 0.0562 e. The van der Waals surface area contributed by atoms with Crippen molar-refractivity contribution in [3.63, 3.8) is 0 Å². The van der Waals surface area contributed by atoms with Crippen LogP contribution < -0.4 is 0 Å². The van der Waals surface area contributed by atoms with E-state index in [1.807, 2.05) is 10.9 Å². The summed E-state index contributed by atoms with van der Waals surface area (Å²) in [5.41, 5.74) is 1.19. The molecule has 3 heteroatoms. The maximum atomic E-state index is 4.29. The molecule has 0 aliphatic heterocycles. The lowest BCUT2D eigenvalue weighted by atomic mass is 10.2. The molecule has 0 atom stereocenters. The Hall–Kier alpha value is -0.570. The van der Waals surface area contributed by atoms with Gasteiger partial charge in [0, 0.05) is 23.6 Å². The highest BCUT2D eigenvalue weighted by molar-refractivity contribution is 9.09. The average molecular weight is 257 g/mol. The van der Waals surface area contributed by atoms with Crippen LogP contribution in [-0.2, 0) is 6.54 Å². The molecule has 0 aromatic carbocycles. The molecule has 14 heavy (non-hydrogen) atoms. The van der Waals surface area contributed by atoms with E-state index in [1.165, 1.54) is 5.56 Å². The van der Waals surface area contributed by atoms with Gasteiger partial charge in [0.25, 0.3) is 0 Å². The molecule has 0 N–H and O–H groups in total. The third-order valence-electron chi connectivity index (χ3n) is 1.79. The molecule has 1 aromatic rings.